The first kappa shape index (κ1) is 6.04. The van der Waals surface area contributed by atoms with Crippen molar-refractivity contribution < 1.29 is 0 Å². The molecule has 2 rings (SSSR count). The van der Waals surface area contributed by atoms with E-state index in [1.54, 1.807) is 5.57 Å². The molecule has 0 amide bonds. The predicted octanol–water partition coefficient (Wildman–Crippen LogP) is 1.58. The van der Waals surface area contributed by atoms with Gasteiger partial charge in [0.2, 0.25) is 0 Å². The fraction of sp³-hybridized carbons (Fsp3) is 0.500. The Morgan fingerprint density at radius 1 is 1.33 bits per heavy atom. The molecule has 0 N–H and O–H groups in total. The molecule has 1 heterocycles. The Bertz CT molecular complexity index is 177. The van der Waals surface area contributed by atoms with Crippen molar-refractivity contribution in [3.05, 3.63) is 19.2 Å². The number of allylic oxidation sites excluding steroid dienone is 3. The maximum absolute atomic E-state index is 3.39. The van der Waals surface area contributed by atoms with Crippen molar-refractivity contribution in [3.8, 4) is 0 Å². The molecular weight excluding hydrogens is 218 g/mol. The minimum absolute atomic E-state index is 0.155. The summed E-state index contributed by atoms with van der Waals surface area (Å²) in [6.07, 6.45) is 9.02. The molecule has 1 heteroatoms. The minimum atomic E-state index is -0.155. The summed E-state index contributed by atoms with van der Waals surface area (Å²) >= 11 is -0.155. The van der Waals surface area contributed by atoms with Crippen LogP contribution >= 0.6 is 0 Å². The Hall–Kier alpha value is 0.298. The van der Waals surface area contributed by atoms with Gasteiger partial charge >= 0.3 is 66.5 Å². The van der Waals surface area contributed by atoms with Crippen molar-refractivity contribution in [2.24, 2.45) is 0 Å². The van der Waals surface area contributed by atoms with E-state index in [4.69, 9.17) is 0 Å². The molecule has 9 heavy (non-hydrogen) atoms. The zero-order valence-electron chi connectivity index (χ0n) is 5.41. The normalized spacial score (nSPS) is 24.9. The monoisotopic (exact) mass is 227 g/mol. The number of hydrogen-bond donors (Lipinski definition) is 0. The Labute approximate surface area is 66.6 Å². The molecule has 1 aliphatic carbocycles. The summed E-state index contributed by atoms with van der Waals surface area (Å²) in [6.45, 7) is 0. The van der Waals surface area contributed by atoms with Crippen LogP contribution in [0.2, 0.25) is 0 Å². The molecule has 0 fully saturated rings. The summed E-state index contributed by atoms with van der Waals surface area (Å²) in [5.74, 6) is 0. The van der Waals surface area contributed by atoms with Crippen LogP contribution in [0.5, 0.6) is 0 Å². The van der Waals surface area contributed by atoms with Gasteiger partial charge < -0.3 is 0 Å². The van der Waals surface area contributed by atoms with Crippen molar-refractivity contribution in [3.63, 3.8) is 0 Å². The Morgan fingerprint density at radius 2 is 2.22 bits per heavy atom. The first-order chi connectivity index (χ1) is 4.47. The van der Waals surface area contributed by atoms with Gasteiger partial charge in [-0.25, -0.2) is 0 Å². The first-order valence-electron chi connectivity index (χ1n) is 3.53. The number of rotatable bonds is 0. The third-order valence-corrected chi connectivity index (χ3v) is 5.35. The van der Waals surface area contributed by atoms with Gasteiger partial charge in [-0.2, -0.15) is 0 Å². The van der Waals surface area contributed by atoms with Gasteiger partial charge in [0.05, 0.1) is 0 Å². The fourth-order valence-corrected chi connectivity index (χ4v) is 4.61. The van der Waals surface area contributed by atoms with Crippen LogP contribution in [0.4, 0.5) is 0 Å². The van der Waals surface area contributed by atoms with E-state index >= 15 is 0 Å². The Kier molecular flexibility index (Phi) is 1.68. The summed E-state index contributed by atoms with van der Waals surface area (Å²) in [6, 6.07) is 0. The first-order valence-corrected chi connectivity index (χ1v) is 6.61. The summed E-state index contributed by atoms with van der Waals surface area (Å²) < 4.78 is 4.18. The molecule has 1 aliphatic heterocycles. The zero-order valence-corrected chi connectivity index (χ0v) is 8.26. The second-order valence-corrected chi connectivity index (χ2v) is 5.97. The molecule has 0 aromatic rings. The van der Waals surface area contributed by atoms with Crippen LogP contribution in [-0.2, 0) is 0 Å². The van der Waals surface area contributed by atoms with E-state index in [1.807, 2.05) is 3.52 Å². The van der Waals surface area contributed by atoms with Crippen molar-refractivity contribution in [1.29, 1.82) is 0 Å². The molecular formula is C8H10Sb. The van der Waals surface area contributed by atoms with Crippen LogP contribution in [0, 0.1) is 6.08 Å². The van der Waals surface area contributed by atoms with Gasteiger partial charge in [0.15, 0.2) is 0 Å². The van der Waals surface area contributed by atoms with Crippen molar-refractivity contribution in [2.45, 2.75) is 25.7 Å². The van der Waals surface area contributed by atoms with Crippen LogP contribution in [0.25, 0.3) is 0 Å². The van der Waals surface area contributed by atoms with E-state index in [2.05, 4.69) is 10.1 Å². The van der Waals surface area contributed by atoms with Crippen LogP contribution < -0.4 is 0 Å². The molecule has 0 saturated carbocycles. The second-order valence-electron chi connectivity index (χ2n) is 2.60. The summed E-state index contributed by atoms with van der Waals surface area (Å²) in [5.41, 5.74) is 1.60. The number of hydrogen-bond acceptors (Lipinski definition) is 0. The molecule has 0 spiro atoms. The van der Waals surface area contributed by atoms with E-state index in [-0.39, 0.29) is 21.6 Å². The van der Waals surface area contributed by atoms with Gasteiger partial charge in [0, 0.05) is 0 Å². The molecule has 47 valence electrons. The van der Waals surface area contributed by atoms with Gasteiger partial charge in [-0.3, -0.25) is 0 Å². The average molecular weight is 228 g/mol. The zero-order chi connectivity index (χ0) is 6.10. The van der Waals surface area contributed by atoms with Crippen LogP contribution in [-0.4, -0.2) is 21.6 Å². The molecule has 0 bridgehead atoms. The van der Waals surface area contributed by atoms with E-state index in [1.165, 1.54) is 25.7 Å². The summed E-state index contributed by atoms with van der Waals surface area (Å²) in [4.78, 5) is 0. The maximum atomic E-state index is 3.39. The standard InChI is InChI=1S/C8H9.Sb.H/c1-2-8-6-4-3-5-7-8;;/h1H,3-6H2;;. The fourth-order valence-electron chi connectivity index (χ4n) is 1.43. The van der Waals surface area contributed by atoms with Gasteiger partial charge in [-0.1, -0.05) is 0 Å². The van der Waals surface area contributed by atoms with E-state index in [9.17, 15) is 0 Å². The van der Waals surface area contributed by atoms with Crippen LogP contribution in [0.1, 0.15) is 25.7 Å². The molecule has 1 radical (unpaired) electrons. The van der Waals surface area contributed by atoms with Crippen molar-refractivity contribution >= 4 is 21.6 Å². The molecule has 0 aromatic carbocycles. The van der Waals surface area contributed by atoms with E-state index in [0.717, 1.165) is 0 Å². The van der Waals surface area contributed by atoms with Gasteiger partial charge in [0.1, 0.15) is 0 Å². The SMILES string of the molecule is [C]1=[CH][SbH][C]2=C1CCCC2. The van der Waals surface area contributed by atoms with Crippen LogP contribution in [0.3, 0.4) is 0 Å². The molecule has 0 atom stereocenters. The average Bonchev–Trinajstić information content (AvgIpc) is 2.33. The Balaban J connectivity index is 2.24. The summed E-state index contributed by atoms with van der Waals surface area (Å²) in [7, 11) is 0. The summed E-state index contributed by atoms with van der Waals surface area (Å²) in [5, 5.41) is 0. The second kappa shape index (κ2) is 2.50. The molecule has 0 unspecified atom stereocenters. The molecule has 0 saturated heterocycles. The quantitative estimate of drug-likeness (QED) is 0.552. The van der Waals surface area contributed by atoms with Gasteiger partial charge in [0.25, 0.3) is 0 Å². The van der Waals surface area contributed by atoms with Gasteiger partial charge in [-0.15, -0.1) is 0 Å². The molecule has 0 nitrogen and oxygen atoms in total. The topological polar surface area (TPSA) is 0 Å². The van der Waals surface area contributed by atoms with Crippen molar-refractivity contribution in [2.75, 3.05) is 0 Å². The van der Waals surface area contributed by atoms with E-state index < -0.39 is 0 Å². The third-order valence-electron chi connectivity index (χ3n) is 1.96. The molecule has 2 aliphatic rings. The van der Waals surface area contributed by atoms with E-state index in [0.29, 0.717) is 0 Å². The third kappa shape index (κ3) is 1.10. The van der Waals surface area contributed by atoms with Crippen LogP contribution in [0.15, 0.2) is 13.1 Å². The Morgan fingerprint density at radius 3 is 3.11 bits per heavy atom. The predicted molar refractivity (Wildman–Crippen MR) is 40.5 cm³/mol. The van der Waals surface area contributed by atoms with Gasteiger partial charge in [-0.05, 0) is 0 Å². The van der Waals surface area contributed by atoms with Crippen molar-refractivity contribution in [1.82, 2.24) is 0 Å². The molecule has 0 aromatic heterocycles.